The number of anilines is 2. The van der Waals surface area contributed by atoms with Crippen molar-refractivity contribution < 1.29 is 17.6 Å². The van der Waals surface area contributed by atoms with E-state index in [-0.39, 0.29) is 17.0 Å². The number of hydrogen-bond acceptors (Lipinski definition) is 5. The lowest BCUT2D eigenvalue weighted by Gasteiger charge is -2.30. The number of nitrogens with one attached hydrogen (secondary N) is 1. The Bertz CT molecular complexity index is 1230. The van der Waals surface area contributed by atoms with Crippen LogP contribution < -0.4 is 14.5 Å². The summed E-state index contributed by atoms with van der Waals surface area (Å²) in [6, 6.07) is 9.03. The molecule has 0 radical (unpaired) electrons. The van der Waals surface area contributed by atoms with E-state index < -0.39 is 27.8 Å². The number of aryl methyl sites for hydroxylation is 1. The molecule has 160 valence electrons. The Hall–Kier alpha value is -2.72. The normalized spacial score (nSPS) is 12.7. The number of carbonyl (C=O) groups is 1. The SMILES string of the molecule is CC[C@H](C(=O)Nc1ccc2c(c1)sc(=O)n2CC)N(c1ccc(F)cc1)S(C)(=O)=O. The van der Waals surface area contributed by atoms with Gasteiger partial charge in [0, 0.05) is 12.2 Å². The van der Waals surface area contributed by atoms with E-state index in [1.165, 1.54) is 12.1 Å². The molecule has 1 atom stereocenters. The Morgan fingerprint density at radius 3 is 2.43 bits per heavy atom. The van der Waals surface area contributed by atoms with E-state index >= 15 is 0 Å². The number of nitrogens with zero attached hydrogens (tertiary/aromatic N) is 2. The molecule has 1 aromatic heterocycles. The minimum Gasteiger partial charge on any atom is -0.324 e. The molecule has 0 aliphatic heterocycles. The van der Waals surface area contributed by atoms with Gasteiger partial charge in [0.25, 0.3) is 0 Å². The standard InChI is InChI=1S/C20H22FN3O4S2/c1-4-16(24(30(3,27)28)15-9-6-13(21)7-10-15)19(25)22-14-8-11-17-18(12-14)29-20(26)23(17)5-2/h6-12,16H,4-5H2,1-3H3,(H,22,25)/t16-/m1/s1. The quantitative estimate of drug-likeness (QED) is 0.596. The van der Waals surface area contributed by atoms with Crippen molar-refractivity contribution in [3.05, 3.63) is 57.9 Å². The lowest BCUT2D eigenvalue weighted by Crippen LogP contribution is -2.47. The molecular formula is C20H22FN3O4S2. The number of hydrogen-bond donors (Lipinski definition) is 1. The van der Waals surface area contributed by atoms with Crippen LogP contribution in [0.15, 0.2) is 47.3 Å². The Morgan fingerprint density at radius 2 is 1.87 bits per heavy atom. The monoisotopic (exact) mass is 451 g/mol. The summed E-state index contributed by atoms with van der Waals surface area (Å²) in [5, 5.41) is 2.74. The Morgan fingerprint density at radius 1 is 1.20 bits per heavy atom. The van der Waals surface area contributed by atoms with Gasteiger partial charge < -0.3 is 5.32 Å². The molecule has 2 aromatic carbocycles. The highest BCUT2D eigenvalue weighted by Crippen LogP contribution is 2.25. The first-order chi connectivity index (χ1) is 14.2. The number of benzene rings is 2. The third-order valence-electron chi connectivity index (χ3n) is 4.66. The number of carbonyl (C=O) groups excluding carboxylic acids is 1. The number of fused-ring (bicyclic) bond motifs is 1. The maximum Gasteiger partial charge on any atom is 0.308 e. The van der Waals surface area contributed by atoms with E-state index in [2.05, 4.69) is 5.32 Å². The van der Waals surface area contributed by atoms with Crippen LogP contribution in [0.2, 0.25) is 0 Å². The fourth-order valence-electron chi connectivity index (χ4n) is 3.32. The molecular weight excluding hydrogens is 429 g/mol. The molecule has 0 spiro atoms. The maximum atomic E-state index is 13.3. The molecule has 1 amide bonds. The van der Waals surface area contributed by atoms with Gasteiger partial charge in [0.05, 0.1) is 22.2 Å². The van der Waals surface area contributed by atoms with Gasteiger partial charge in [-0.05, 0) is 55.8 Å². The molecule has 1 heterocycles. The van der Waals surface area contributed by atoms with Crippen molar-refractivity contribution in [2.75, 3.05) is 15.9 Å². The average molecular weight is 452 g/mol. The van der Waals surface area contributed by atoms with Crippen molar-refractivity contribution in [2.45, 2.75) is 32.9 Å². The Balaban J connectivity index is 1.93. The third kappa shape index (κ3) is 4.39. The van der Waals surface area contributed by atoms with Crippen molar-refractivity contribution in [3.8, 4) is 0 Å². The van der Waals surface area contributed by atoms with Gasteiger partial charge >= 0.3 is 4.87 Å². The molecule has 10 heteroatoms. The third-order valence-corrected chi connectivity index (χ3v) is 6.78. The van der Waals surface area contributed by atoms with Gasteiger partial charge in [0.15, 0.2) is 0 Å². The minimum absolute atomic E-state index is 0.0815. The highest BCUT2D eigenvalue weighted by molar-refractivity contribution is 7.92. The van der Waals surface area contributed by atoms with Gasteiger partial charge in [0.2, 0.25) is 15.9 Å². The lowest BCUT2D eigenvalue weighted by molar-refractivity contribution is -0.117. The van der Waals surface area contributed by atoms with Gasteiger partial charge in [-0.3, -0.25) is 18.5 Å². The van der Waals surface area contributed by atoms with Gasteiger partial charge in [-0.2, -0.15) is 0 Å². The van der Waals surface area contributed by atoms with E-state index in [0.717, 1.165) is 44.2 Å². The number of halogens is 1. The maximum absolute atomic E-state index is 13.3. The summed E-state index contributed by atoms with van der Waals surface area (Å²) in [6.45, 7) is 4.12. The van der Waals surface area contributed by atoms with Crippen LogP contribution in [0.5, 0.6) is 0 Å². The van der Waals surface area contributed by atoms with Crippen LogP contribution in [0.3, 0.4) is 0 Å². The second-order valence-corrected chi connectivity index (χ2v) is 9.60. The second-order valence-electron chi connectivity index (χ2n) is 6.74. The van der Waals surface area contributed by atoms with Crippen LogP contribution in [0.1, 0.15) is 20.3 Å². The number of rotatable bonds is 7. The fourth-order valence-corrected chi connectivity index (χ4v) is 5.52. The zero-order valence-electron chi connectivity index (χ0n) is 16.8. The Labute approximate surface area is 177 Å². The van der Waals surface area contributed by atoms with Crippen molar-refractivity contribution in [1.82, 2.24) is 4.57 Å². The summed E-state index contributed by atoms with van der Waals surface area (Å²) in [7, 11) is -3.81. The van der Waals surface area contributed by atoms with E-state index in [9.17, 15) is 22.4 Å². The predicted molar refractivity (Wildman–Crippen MR) is 118 cm³/mol. The largest absolute Gasteiger partial charge is 0.324 e. The van der Waals surface area contributed by atoms with E-state index in [1.54, 1.807) is 29.7 Å². The highest BCUT2D eigenvalue weighted by atomic mass is 32.2. The average Bonchev–Trinajstić information content (AvgIpc) is 3.00. The minimum atomic E-state index is -3.81. The first-order valence-electron chi connectivity index (χ1n) is 9.35. The second kappa shape index (κ2) is 8.57. The summed E-state index contributed by atoms with van der Waals surface area (Å²) in [4.78, 5) is 24.9. The number of sulfonamides is 1. The van der Waals surface area contributed by atoms with Crippen molar-refractivity contribution in [2.24, 2.45) is 0 Å². The molecule has 3 aromatic rings. The van der Waals surface area contributed by atoms with Crippen LogP contribution in [-0.2, 0) is 21.4 Å². The van der Waals surface area contributed by atoms with Gasteiger partial charge in [-0.25, -0.2) is 12.8 Å². The van der Waals surface area contributed by atoms with E-state index in [4.69, 9.17) is 0 Å². The summed E-state index contributed by atoms with van der Waals surface area (Å²) >= 11 is 1.08. The fraction of sp³-hybridized carbons (Fsp3) is 0.300. The van der Waals surface area contributed by atoms with Crippen LogP contribution >= 0.6 is 11.3 Å². The molecule has 0 fully saturated rings. The smallest absolute Gasteiger partial charge is 0.308 e. The zero-order chi connectivity index (χ0) is 22.1. The Kier molecular flexibility index (Phi) is 6.27. The van der Waals surface area contributed by atoms with Crippen LogP contribution in [0.4, 0.5) is 15.8 Å². The molecule has 0 bridgehead atoms. The summed E-state index contributed by atoms with van der Waals surface area (Å²) in [5.41, 5.74) is 1.44. The van der Waals surface area contributed by atoms with Crippen molar-refractivity contribution in [3.63, 3.8) is 0 Å². The zero-order valence-corrected chi connectivity index (χ0v) is 18.4. The molecule has 30 heavy (non-hydrogen) atoms. The molecule has 1 N–H and O–H groups in total. The first kappa shape index (κ1) is 22.0. The van der Waals surface area contributed by atoms with Crippen LogP contribution in [0, 0.1) is 5.82 Å². The summed E-state index contributed by atoms with van der Waals surface area (Å²) in [5.74, 6) is -1.02. The molecule has 0 aliphatic carbocycles. The van der Waals surface area contributed by atoms with Crippen LogP contribution in [0.25, 0.3) is 10.2 Å². The van der Waals surface area contributed by atoms with E-state index in [0.29, 0.717) is 12.2 Å². The summed E-state index contributed by atoms with van der Waals surface area (Å²) in [6.07, 6.45) is 1.21. The lowest BCUT2D eigenvalue weighted by atomic mass is 10.1. The van der Waals surface area contributed by atoms with Gasteiger partial charge in [-0.15, -0.1) is 0 Å². The molecule has 0 saturated carbocycles. The van der Waals surface area contributed by atoms with Gasteiger partial charge in [-0.1, -0.05) is 18.3 Å². The first-order valence-corrected chi connectivity index (χ1v) is 12.0. The predicted octanol–water partition coefficient (Wildman–Crippen LogP) is 3.41. The summed E-state index contributed by atoms with van der Waals surface area (Å²) < 4.78 is 41.5. The van der Waals surface area contributed by atoms with Gasteiger partial charge in [0.1, 0.15) is 11.9 Å². The topological polar surface area (TPSA) is 88.5 Å². The molecule has 0 saturated heterocycles. The molecule has 7 nitrogen and oxygen atoms in total. The number of thiazole rings is 1. The molecule has 3 rings (SSSR count). The number of aromatic nitrogens is 1. The van der Waals surface area contributed by atoms with Crippen molar-refractivity contribution >= 4 is 48.9 Å². The van der Waals surface area contributed by atoms with Crippen molar-refractivity contribution in [1.29, 1.82) is 0 Å². The highest BCUT2D eigenvalue weighted by Gasteiger charge is 2.31. The molecule has 0 aliphatic rings. The molecule has 0 unspecified atom stereocenters. The number of amides is 1. The van der Waals surface area contributed by atoms with Crippen LogP contribution in [-0.4, -0.2) is 31.2 Å². The van der Waals surface area contributed by atoms with E-state index in [1.807, 2.05) is 6.92 Å².